The van der Waals surface area contributed by atoms with Crippen LogP contribution in [0.5, 0.6) is 5.75 Å². The van der Waals surface area contributed by atoms with E-state index in [-0.39, 0.29) is 30.5 Å². The van der Waals surface area contributed by atoms with Gasteiger partial charge in [-0.3, -0.25) is 4.79 Å². The maximum Gasteiger partial charge on any atom is 0.251 e. The molecule has 1 aliphatic rings. The van der Waals surface area contributed by atoms with Crippen molar-refractivity contribution in [2.24, 2.45) is 0 Å². The smallest absolute Gasteiger partial charge is 0.251 e. The Labute approximate surface area is 179 Å². The van der Waals surface area contributed by atoms with Crippen LogP contribution in [0, 0.1) is 0 Å². The molecule has 1 heterocycles. The fourth-order valence-electron chi connectivity index (χ4n) is 3.38. The van der Waals surface area contributed by atoms with Gasteiger partial charge >= 0.3 is 0 Å². The van der Waals surface area contributed by atoms with Gasteiger partial charge in [-0.1, -0.05) is 12.1 Å². The predicted molar refractivity (Wildman–Crippen MR) is 118 cm³/mol. The molecule has 0 aromatic heterocycles. The predicted octanol–water partition coefficient (Wildman–Crippen LogP) is 3.03. The molecule has 0 bridgehead atoms. The van der Waals surface area contributed by atoms with Crippen LogP contribution in [0.4, 0.5) is 5.69 Å². The molecule has 1 unspecified atom stereocenters. The number of methoxy groups -OCH3 is 1. The number of anilines is 1. The number of amides is 1. The molecule has 7 heteroatoms. The molecule has 1 fully saturated rings. The van der Waals surface area contributed by atoms with E-state index in [2.05, 4.69) is 34.6 Å². The van der Waals surface area contributed by atoms with E-state index in [4.69, 9.17) is 9.47 Å². The molecule has 1 amide bonds. The Bertz CT molecular complexity index is 785. The second kappa shape index (κ2) is 11.0. The van der Waals surface area contributed by atoms with Crippen molar-refractivity contribution in [2.45, 2.75) is 19.1 Å². The standard InChI is InChI=1S/C22H29N3O3.ClH/c1-16(18-5-4-6-20(13-18)27-3)24-14-21-15-25(11-12-28-21)19-9-7-17(8-10-19)22(26)23-2;/h4-10,13,16,21,24H,11-12,14-15H2,1-3H3,(H,23,26);1H/t16-,21?;/m1./s1. The summed E-state index contributed by atoms with van der Waals surface area (Å²) in [6, 6.07) is 16.0. The summed E-state index contributed by atoms with van der Waals surface area (Å²) in [6.45, 7) is 5.27. The number of carbonyl (C=O) groups excluding carboxylic acids is 1. The van der Waals surface area contributed by atoms with Crippen molar-refractivity contribution in [1.82, 2.24) is 10.6 Å². The van der Waals surface area contributed by atoms with E-state index in [1.54, 1.807) is 14.2 Å². The van der Waals surface area contributed by atoms with Gasteiger partial charge in [-0.25, -0.2) is 0 Å². The lowest BCUT2D eigenvalue weighted by Crippen LogP contribution is -2.47. The second-order valence-electron chi connectivity index (χ2n) is 6.97. The molecule has 1 saturated heterocycles. The van der Waals surface area contributed by atoms with Crippen molar-refractivity contribution in [3.8, 4) is 5.75 Å². The third-order valence-electron chi connectivity index (χ3n) is 5.11. The SMILES string of the molecule is CNC(=O)c1ccc(N2CCOC(CN[C@H](C)c3cccc(OC)c3)C2)cc1.Cl. The van der Waals surface area contributed by atoms with Gasteiger partial charge in [-0.15, -0.1) is 12.4 Å². The number of nitrogens with zero attached hydrogens (tertiary/aromatic N) is 1. The third kappa shape index (κ3) is 6.10. The third-order valence-corrected chi connectivity index (χ3v) is 5.11. The minimum Gasteiger partial charge on any atom is -0.497 e. The monoisotopic (exact) mass is 419 g/mol. The van der Waals surface area contributed by atoms with Gasteiger partial charge in [0.15, 0.2) is 0 Å². The van der Waals surface area contributed by atoms with E-state index < -0.39 is 0 Å². The zero-order valence-electron chi connectivity index (χ0n) is 17.2. The summed E-state index contributed by atoms with van der Waals surface area (Å²) in [5, 5.41) is 6.21. The fraction of sp³-hybridized carbons (Fsp3) is 0.409. The van der Waals surface area contributed by atoms with Gasteiger partial charge in [-0.05, 0) is 48.9 Å². The molecule has 2 atom stereocenters. The fourth-order valence-corrected chi connectivity index (χ4v) is 3.38. The Morgan fingerprint density at radius 1 is 1.28 bits per heavy atom. The van der Waals surface area contributed by atoms with Crippen LogP contribution in [0.2, 0.25) is 0 Å². The molecule has 0 aliphatic carbocycles. The molecule has 0 spiro atoms. The molecule has 3 rings (SSSR count). The highest BCUT2D eigenvalue weighted by atomic mass is 35.5. The van der Waals surface area contributed by atoms with E-state index in [0.29, 0.717) is 12.2 Å². The topological polar surface area (TPSA) is 62.8 Å². The van der Waals surface area contributed by atoms with Crippen LogP contribution in [0.3, 0.4) is 0 Å². The van der Waals surface area contributed by atoms with E-state index in [1.165, 1.54) is 5.56 Å². The Morgan fingerprint density at radius 2 is 2.03 bits per heavy atom. The molecular weight excluding hydrogens is 390 g/mol. The van der Waals surface area contributed by atoms with Crippen molar-refractivity contribution >= 4 is 24.0 Å². The highest BCUT2D eigenvalue weighted by molar-refractivity contribution is 5.94. The lowest BCUT2D eigenvalue weighted by atomic mass is 10.1. The average Bonchev–Trinajstić information content (AvgIpc) is 2.77. The number of nitrogens with one attached hydrogen (secondary N) is 2. The molecule has 0 radical (unpaired) electrons. The molecule has 0 saturated carbocycles. The summed E-state index contributed by atoms with van der Waals surface area (Å²) in [5.41, 5.74) is 2.98. The van der Waals surface area contributed by atoms with E-state index in [9.17, 15) is 4.79 Å². The number of hydrogen-bond acceptors (Lipinski definition) is 5. The van der Waals surface area contributed by atoms with Gasteiger partial charge in [0.05, 0.1) is 19.8 Å². The molecule has 2 aromatic rings. The van der Waals surface area contributed by atoms with E-state index >= 15 is 0 Å². The van der Waals surface area contributed by atoms with Crippen LogP contribution < -0.4 is 20.3 Å². The lowest BCUT2D eigenvalue weighted by Gasteiger charge is -2.35. The summed E-state index contributed by atoms with van der Waals surface area (Å²) in [4.78, 5) is 14.0. The molecule has 29 heavy (non-hydrogen) atoms. The molecule has 158 valence electrons. The number of hydrogen-bond donors (Lipinski definition) is 2. The Morgan fingerprint density at radius 3 is 2.72 bits per heavy atom. The minimum atomic E-state index is -0.0675. The first-order chi connectivity index (χ1) is 13.6. The van der Waals surface area contributed by atoms with Crippen LogP contribution in [0.1, 0.15) is 28.9 Å². The second-order valence-corrected chi connectivity index (χ2v) is 6.97. The molecule has 2 aromatic carbocycles. The largest absolute Gasteiger partial charge is 0.497 e. The number of rotatable bonds is 7. The van der Waals surface area contributed by atoms with Crippen LogP contribution in [0.25, 0.3) is 0 Å². The molecule has 1 aliphatic heterocycles. The van der Waals surface area contributed by atoms with Gasteiger partial charge in [0.25, 0.3) is 5.91 Å². The summed E-state index contributed by atoms with van der Waals surface area (Å²) in [7, 11) is 3.32. The first-order valence-corrected chi connectivity index (χ1v) is 9.66. The summed E-state index contributed by atoms with van der Waals surface area (Å²) in [5.74, 6) is 0.800. The van der Waals surface area contributed by atoms with E-state index in [1.807, 2.05) is 36.4 Å². The maximum absolute atomic E-state index is 11.7. The van der Waals surface area contributed by atoms with Crippen molar-refractivity contribution < 1.29 is 14.3 Å². The van der Waals surface area contributed by atoms with Crippen LogP contribution in [-0.4, -0.2) is 52.4 Å². The number of ether oxygens (including phenoxy) is 2. The lowest BCUT2D eigenvalue weighted by molar-refractivity contribution is 0.0394. The van der Waals surface area contributed by atoms with Crippen molar-refractivity contribution in [2.75, 3.05) is 45.3 Å². The van der Waals surface area contributed by atoms with Crippen molar-refractivity contribution in [3.63, 3.8) is 0 Å². The average molecular weight is 420 g/mol. The Hall–Kier alpha value is -2.28. The zero-order chi connectivity index (χ0) is 19.9. The first kappa shape index (κ1) is 23.0. The highest BCUT2D eigenvalue weighted by Gasteiger charge is 2.21. The normalized spacial score (nSPS) is 17.2. The quantitative estimate of drug-likeness (QED) is 0.722. The number of benzene rings is 2. The Kier molecular flexibility index (Phi) is 8.76. The maximum atomic E-state index is 11.7. The number of halogens is 1. The molecule has 6 nitrogen and oxygen atoms in total. The van der Waals surface area contributed by atoms with Crippen LogP contribution >= 0.6 is 12.4 Å². The van der Waals surface area contributed by atoms with Gasteiger partial charge in [0, 0.05) is 44.0 Å². The summed E-state index contributed by atoms with van der Waals surface area (Å²) in [6.07, 6.45) is 0.112. The highest BCUT2D eigenvalue weighted by Crippen LogP contribution is 2.21. The van der Waals surface area contributed by atoms with Crippen LogP contribution in [0.15, 0.2) is 48.5 Å². The molecule has 2 N–H and O–H groups in total. The summed E-state index contributed by atoms with van der Waals surface area (Å²) < 4.78 is 11.3. The van der Waals surface area contributed by atoms with Gasteiger partial charge in [0.2, 0.25) is 0 Å². The first-order valence-electron chi connectivity index (χ1n) is 9.66. The van der Waals surface area contributed by atoms with Crippen molar-refractivity contribution in [3.05, 3.63) is 59.7 Å². The van der Waals surface area contributed by atoms with Gasteiger partial charge in [-0.2, -0.15) is 0 Å². The molecular formula is C22H30ClN3O3. The Balaban J connectivity index is 0.00000300. The van der Waals surface area contributed by atoms with Crippen molar-refractivity contribution in [1.29, 1.82) is 0 Å². The zero-order valence-corrected chi connectivity index (χ0v) is 18.0. The van der Waals surface area contributed by atoms with E-state index in [0.717, 1.165) is 31.1 Å². The van der Waals surface area contributed by atoms with Gasteiger partial charge < -0.3 is 25.0 Å². The summed E-state index contributed by atoms with van der Waals surface area (Å²) >= 11 is 0. The minimum absolute atomic E-state index is 0. The number of carbonyl (C=O) groups is 1. The number of morpholine rings is 1. The van der Waals surface area contributed by atoms with Gasteiger partial charge in [0.1, 0.15) is 5.75 Å². The van der Waals surface area contributed by atoms with Crippen LogP contribution in [-0.2, 0) is 4.74 Å².